The molecule has 0 aliphatic rings. The van der Waals surface area contributed by atoms with Gasteiger partial charge in [0.1, 0.15) is 0 Å². The normalized spacial score (nSPS) is 10.7. The van der Waals surface area contributed by atoms with E-state index in [4.69, 9.17) is 26.6 Å². The topological polar surface area (TPSA) is 94.4 Å². The van der Waals surface area contributed by atoms with Gasteiger partial charge in [0.25, 0.3) is 0 Å². The largest absolute Gasteiger partial charge is 0.504 e. The Labute approximate surface area is 108 Å². The third-order valence-electron chi connectivity index (χ3n) is 2.47. The van der Waals surface area contributed by atoms with Gasteiger partial charge in [0.2, 0.25) is 11.7 Å². The van der Waals surface area contributed by atoms with E-state index in [0.29, 0.717) is 10.8 Å². The van der Waals surface area contributed by atoms with Crippen LogP contribution in [-0.4, -0.2) is 22.4 Å². The summed E-state index contributed by atoms with van der Waals surface area (Å²) in [5.41, 5.74) is 6.40. The van der Waals surface area contributed by atoms with Crippen LogP contribution in [0.5, 0.6) is 11.5 Å². The zero-order chi connectivity index (χ0) is 13.3. The molecular weight excluding hydrogens is 258 g/mol. The van der Waals surface area contributed by atoms with E-state index in [1.165, 1.54) is 7.11 Å². The predicted octanol–water partition coefficient (Wildman–Crippen LogP) is 1.87. The van der Waals surface area contributed by atoms with Crippen molar-refractivity contribution in [2.24, 2.45) is 5.73 Å². The SMILES string of the molecule is COc1cc(C)c(Cl)c(-c2noc(CN)n2)c1O. The molecule has 0 fully saturated rings. The van der Waals surface area contributed by atoms with Crippen molar-refractivity contribution >= 4 is 11.6 Å². The molecule has 0 aliphatic heterocycles. The molecule has 18 heavy (non-hydrogen) atoms. The zero-order valence-corrected chi connectivity index (χ0v) is 10.7. The zero-order valence-electron chi connectivity index (χ0n) is 9.90. The molecular formula is C11H12ClN3O3. The monoisotopic (exact) mass is 269 g/mol. The number of halogens is 1. The van der Waals surface area contributed by atoms with Gasteiger partial charge in [-0.05, 0) is 18.6 Å². The van der Waals surface area contributed by atoms with Crippen molar-refractivity contribution < 1.29 is 14.4 Å². The summed E-state index contributed by atoms with van der Waals surface area (Å²) in [6.07, 6.45) is 0. The average Bonchev–Trinajstić information content (AvgIpc) is 2.82. The van der Waals surface area contributed by atoms with Crippen LogP contribution >= 0.6 is 11.6 Å². The van der Waals surface area contributed by atoms with Crippen molar-refractivity contribution in [3.63, 3.8) is 0 Å². The lowest BCUT2D eigenvalue weighted by atomic mass is 10.1. The molecule has 1 aromatic carbocycles. The number of phenols is 1. The number of phenolic OH excluding ortho intramolecular Hbond substituents is 1. The molecule has 1 heterocycles. The van der Waals surface area contributed by atoms with E-state index in [1.54, 1.807) is 13.0 Å². The van der Waals surface area contributed by atoms with E-state index >= 15 is 0 Å². The van der Waals surface area contributed by atoms with Gasteiger partial charge in [-0.1, -0.05) is 16.8 Å². The third kappa shape index (κ3) is 2.00. The molecule has 1 aromatic heterocycles. The Kier molecular flexibility index (Phi) is 3.40. The molecule has 2 aromatic rings. The number of methoxy groups -OCH3 is 1. The molecule has 0 bridgehead atoms. The van der Waals surface area contributed by atoms with Gasteiger partial charge in [0, 0.05) is 0 Å². The Bertz CT molecular complexity index is 583. The van der Waals surface area contributed by atoms with E-state index < -0.39 is 0 Å². The fourth-order valence-corrected chi connectivity index (χ4v) is 1.78. The summed E-state index contributed by atoms with van der Waals surface area (Å²) in [4.78, 5) is 4.03. The molecule has 0 aliphatic carbocycles. The van der Waals surface area contributed by atoms with Crippen molar-refractivity contribution in [3.8, 4) is 22.9 Å². The van der Waals surface area contributed by atoms with Crippen LogP contribution in [0.3, 0.4) is 0 Å². The van der Waals surface area contributed by atoms with Crippen LogP contribution in [0.4, 0.5) is 0 Å². The number of ether oxygens (including phenoxy) is 1. The molecule has 0 spiro atoms. The molecule has 2 rings (SSSR count). The number of nitrogens with two attached hydrogens (primary N) is 1. The van der Waals surface area contributed by atoms with Crippen LogP contribution in [0.15, 0.2) is 10.6 Å². The Morgan fingerprint density at radius 2 is 2.28 bits per heavy atom. The second-order valence-corrected chi connectivity index (χ2v) is 4.03. The number of benzene rings is 1. The summed E-state index contributed by atoms with van der Waals surface area (Å²) in [7, 11) is 1.45. The summed E-state index contributed by atoms with van der Waals surface area (Å²) >= 11 is 6.15. The Morgan fingerprint density at radius 1 is 1.56 bits per heavy atom. The summed E-state index contributed by atoms with van der Waals surface area (Å²) < 4.78 is 9.95. The maximum atomic E-state index is 10.1. The summed E-state index contributed by atoms with van der Waals surface area (Å²) in [6, 6.07) is 1.63. The number of aryl methyl sites for hydroxylation is 1. The Balaban J connectivity index is 2.65. The number of nitrogens with zero attached hydrogens (tertiary/aromatic N) is 2. The molecule has 0 radical (unpaired) electrons. The number of hydrogen-bond donors (Lipinski definition) is 2. The third-order valence-corrected chi connectivity index (χ3v) is 2.96. The van der Waals surface area contributed by atoms with E-state index in [0.717, 1.165) is 5.56 Å². The van der Waals surface area contributed by atoms with Crippen molar-refractivity contribution in [2.75, 3.05) is 7.11 Å². The number of hydrogen-bond acceptors (Lipinski definition) is 6. The molecule has 0 atom stereocenters. The van der Waals surface area contributed by atoms with Gasteiger partial charge < -0.3 is 20.1 Å². The predicted molar refractivity (Wildman–Crippen MR) is 65.6 cm³/mol. The molecule has 0 saturated carbocycles. The maximum Gasteiger partial charge on any atom is 0.240 e. The van der Waals surface area contributed by atoms with Gasteiger partial charge in [-0.2, -0.15) is 4.98 Å². The van der Waals surface area contributed by atoms with Gasteiger partial charge in [-0.25, -0.2) is 0 Å². The van der Waals surface area contributed by atoms with Gasteiger partial charge in [0.05, 0.1) is 24.2 Å². The van der Waals surface area contributed by atoms with Crippen molar-refractivity contribution in [3.05, 3.63) is 22.5 Å². The maximum absolute atomic E-state index is 10.1. The van der Waals surface area contributed by atoms with Gasteiger partial charge in [-0.15, -0.1) is 0 Å². The summed E-state index contributed by atoms with van der Waals surface area (Å²) in [5.74, 6) is 0.615. The molecule has 0 saturated heterocycles. The van der Waals surface area contributed by atoms with Crippen molar-refractivity contribution in [2.45, 2.75) is 13.5 Å². The molecule has 0 amide bonds. The highest BCUT2D eigenvalue weighted by atomic mass is 35.5. The fourth-order valence-electron chi connectivity index (χ4n) is 1.55. The van der Waals surface area contributed by atoms with E-state index in [1.807, 2.05) is 0 Å². The number of rotatable bonds is 3. The summed E-state index contributed by atoms with van der Waals surface area (Å²) in [5, 5.41) is 14.1. The Morgan fingerprint density at radius 3 is 2.83 bits per heavy atom. The summed E-state index contributed by atoms with van der Waals surface area (Å²) in [6.45, 7) is 1.91. The Hall–Kier alpha value is -1.79. The van der Waals surface area contributed by atoms with Gasteiger partial charge in [-0.3, -0.25) is 0 Å². The first-order valence-electron chi connectivity index (χ1n) is 5.17. The second-order valence-electron chi connectivity index (χ2n) is 3.65. The highest BCUT2D eigenvalue weighted by molar-refractivity contribution is 6.34. The van der Waals surface area contributed by atoms with Crippen LogP contribution in [0.1, 0.15) is 11.5 Å². The quantitative estimate of drug-likeness (QED) is 0.883. The lowest BCUT2D eigenvalue weighted by Crippen LogP contribution is -1.96. The van der Waals surface area contributed by atoms with Gasteiger partial charge >= 0.3 is 0 Å². The number of aromatic hydroxyl groups is 1. The molecule has 3 N–H and O–H groups in total. The average molecular weight is 270 g/mol. The lowest BCUT2D eigenvalue weighted by molar-refractivity contribution is 0.372. The standard InChI is InChI=1S/C11H12ClN3O3/c1-5-3-6(17-2)10(16)8(9(5)12)11-14-7(4-13)18-15-11/h3,16H,4,13H2,1-2H3. The van der Waals surface area contributed by atoms with E-state index in [-0.39, 0.29) is 29.6 Å². The highest BCUT2D eigenvalue weighted by Gasteiger charge is 2.21. The van der Waals surface area contributed by atoms with Crippen molar-refractivity contribution in [1.29, 1.82) is 0 Å². The smallest absolute Gasteiger partial charge is 0.240 e. The van der Waals surface area contributed by atoms with Gasteiger partial charge in [0.15, 0.2) is 11.5 Å². The minimum atomic E-state index is -0.127. The fraction of sp³-hybridized carbons (Fsp3) is 0.273. The highest BCUT2D eigenvalue weighted by Crippen LogP contribution is 2.42. The lowest BCUT2D eigenvalue weighted by Gasteiger charge is -2.10. The molecule has 7 heteroatoms. The number of aromatic nitrogens is 2. The van der Waals surface area contributed by atoms with Crippen LogP contribution in [-0.2, 0) is 6.54 Å². The van der Waals surface area contributed by atoms with Crippen LogP contribution in [0.2, 0.25) is 5.02 Å². The molecule has 96 valence electrons. The molecule has 6 nitrogen and oxygen atoms in total. The van der Waals surface area contributed by atoms with Crippen LogP contribution in [0.25, 0.3) is 11.4 Å². The van der Waals surface area contributed by atoms with E-state index in [9.17, 15) is 5.11 Å². The minimum absolute atomic E-state index is 0.119. The van der Waals surface area contributed by atoms with Crippen LogP contribution < -0.4 is 10.5 Å². The minimum Gasteiger partial charge on any atom is -0.504 e. The first-order chi connectivity index (χ1) is 8.58. The first-order valence-corrected chi connectivity index (χ1v) is 5.55. The van der Waals surface area contributed by atoms with Crippen LogP contribution in [0, 0.1) is 6.92 Å². The van der Waals surface area contributed by atoms with Crippen molar-refractivity contribution in [1.82, 2.24) is 10.1 Å². The molecule has 0 unspecified atom stereocenters. The second kappa shape index (κ2) is 4.83. The first kappa shape index (κ1) is 12.7. The van der Waals surface area contributed by atoms with E-state index in [2.05, 4.69) is 10.1 Å².